The van der Waals surface area contributed by atoms with Crippen LogP contribution in [-0.4, -0.2) is 33.1 Å². The molecule has 1 N–H and O–H groups in total. The molecule has 5 heteroatoms. The van der Waals surface area contributed by atoms with Gasteiger partial charge in [-0.1, -0.05) is 26.0 Å². The zero-order chi connectivity index (χ0) is 13.6. The maximum Gasteiger partial charge on any atom is 0.150 e. The predicted octanol–water partition coefficient (Wildman–Crippen LogP) is 1.61. The van der Waals surface area contributed by atoms with E-state index in [1.54, 1.807) is 0 Å². The van der Waals surface area contributed by atoms with Crippen LogP contribution in [0.25, 0.3) is 0 Å². The van der Waals surface area contributed by atoms with Crippen molar-refractivity contribution in [3.05, 3.63) is 29.8 Å². The average molecular weight is 271 g/mol. The quantitative estimate of drug-likeness (QED) is 0.818. The topological polar surface area (TPSA) is 55.4 Å². The fourth-order valence-corrected chi connectivity index (χ4v) is 1.72. The van der Waals surface area contributed by atoms with E-state index in [1.165, 1.54) is 11.8 Å². The number of rotatable bonds is 7. The van der Waals surface area contributed by atoms with Gasteiger partial charge in [0.25, 0.3) is 0 Å². The maximum absolute atomic E-state index is 10.9. The minimum atomic E-state index is -2.96. The van der Waals surface area contributed by atoms with Gasteiger partial charge in [-0.05, 0) is 17.7 Å². The van der Waals surface area contributed by atoms with Crippen molar-refractivity contribution in [3.8, 4) is 5.75 Å². The van der Waals surface area contributed by atoms with Crippen molar-refractivity contribution in [1.29, 1.82) is 0 Å². The van der Waals surface area contributed by atoms with Gasteiger partial charge in [-0.25, -0.2) is 8.42 Å². The minimum absolute atomic E-state index is 0.0453. The summed E-state index contributed by atoms with van der Waals surface area (Å²) in [6, 6.07) is 8.13. The highest BCUT2D eigenvalue weighted by atomic mass is 32.2. The molecular formula is C13H21NO3S. The molecule has 0 spiro atoms. The first kappa shape index (κ1) is 15.0. The van der Waals surface area contributed by atoms with E-state index in [4.69, 9.17) is 4.74 Å². The van der Waals surface area contributed by atoms with Crippen LogP contribution in [0.3, 0.4) is 0 Å². The highest BCUT2D eigenvalue weighted by molar-refractivity contribution is 7.90. The molecule has 0 aliphatic rings. The second-order valence-corrected chi connectivity index (χ2v) is 6.92. The Balaban J connectivity index is 2.40. The van der Waals surface area contributed by atoms with Crippen molar-refractivity contribution in [2.24, 2.45) is 0 Å². The second kappa shape index (κ2) is 6.75. The molecule has 0 atom stereocenters. The van der Waals surface area contributed by atoms with Gasteiger partial charge >= 0.3 is 0 Å². The van der Waals surface area contributed by atoms with Gasteiger partial charge in [0.05, 0.1) is 5.75 Å². The normalized spacial score (nSPS) is 11.8. The Morgan fingerprint density at radius 2 is 1.83 bits per heavy atom. The zero-order valence-corrected chi connectivity index (χ0v) is 12.0. The lowest BCUT2D eigenvalue weighted by molar-refractivity contribution is 0.341. The molecule has 0 fully saturated rings. The standard InChI is InChI=1S/C13H21NO3S/c1-11(2)14-10-12-4-6-13(7-5-12)17-8-9-18(3,15)16/h4-7,11,14H,8-10H2,1-3H3. The van der Waals surface area contributed by atoms with E-state index in [1.807, 2.05) is 24.3 Å². The van der Waals surface area contributed by atoms with Crippen LogP contribution in [0.2, 0.25) is 0 Å². The molecule has 0 unspecified atom stereocenters. The van der Waals surface area contributed by atoms with E-state index < -0.39 is 9.84 Å². The molecule has 1 rings (SSSR count). The van der Waals surface area contributed by atoms with Gasteiger partial charge in [0.2, 0.25) is 0 Å². The van der Waals surface area contributed by atoms with Gasteiger partial charge < -0.3 is 10.1 Å². The molecule has 0 bridgehead atoms. The highest BCUT2D eigenvalue weighted by Gasteiger charge is 2.02. The number of hydrogen-bond donors (Lipinski definition) is 1. The average Bonchev–Trinajstić information content (AvgIpc) is 2.26. The van der Waals surface area contributed by atoms with Crippen molar-refractivity contribution >= 4 is 9.84 Å². The van der Waals surface area contributed by atoms with Crippen molar-refractivity contribution in [3.63, 3.8) is 0 Å². The molecule has 0 aliphatic carbocycles. The second-order valence-electron chi connectivity index (χ2n) is 4.66. The largest absolute Gasteiger partial charge is 0.493 e. The third-order valence-electron chi connectivity index (χ3n) is 2.36. The highest BCUT2D eigenvalue weighted by Crippen LogP contribution is 2.12. The van der Waals surface area contributed by atoms with Gasteiger partial charge in [-0.2, -0.15) is 0 Å². The molecule has 0 aliphatic heterocycles. The van der Waals surface area contributed by atoms with Gasteiger partial charge in [-0.15, -0.1) is 0 Å². The molecule has 0 saturated heterocycles. The van der Waals surface area contributed by atoms with Crippen molar-refractivity contribution < 1.29 is 13.2 Å². The first-order valence-electron chi connectivity index (χ1n) is 5.99. The fraction of sp³-hybridized carbons (Fsp3) is 0.538. The lowest BCUT2D eigenvalue weighted by Gasteiger charge is -2.09. The van der Waals surface area contributed by atoms with Gasteiger partial charge in [-0.3, -0.25) is 0 Å². The van der Waals surface area contributed by atoms with E-state index in [2.05, 4.69) is 19.2 Å². The first-order valence-corrected chi connectivity index (χ1v) is 8.06. The molecular weight excluding hydrogens is 250 g/mol. The van der Waals surface area contributed by atoms with Crippen LogP contribution in [0, 0.1) is 0 Å². The Morgan fingerprint density at radius 3 is 2.33 bits per heavy atom. The lowest BCUT2D eigenvalue weighted by atomic mass is 10.2. The molecule has 0 aromatic heterocycles. The van der Waals surface area contributed by atoms with Crippen molar-refractivity contribution in [2.45, 2.75) is 26.4 Å². The summed E-state index contributed by atoms with van der Waals surface area (Å²) in [5, 5.41) is 3.32. The third-order valence-corrected chi connectivity index (χ3v) is 3.27. The fourth-order valence-electron chi connectivity index (χ4n) is 1.34. The first-order chi connectivity index (χ1) is 8.37. The Labute approximate surface area is 109 Å². The summed E-state index contributed by atoms with van der Waals surface area (Å²) in [5.74, 6) is 0.746. The summed E-state index contributed by atoms with van der Waals surface area (Å²) >= 11 is 0. The summed E-state index contributed by atoms with van der Waals surface area (Å²) in [6.07, 6.45) is 1.21. The van der Waals surface area contributed by atoms with E-state index in [-0.39, 0.29) is 12.4 Å². The number of ether oxygens (including phenoxy) is 1. The molecule has 18 heavy (non-hydrogen) atoms. The summed E-state index contributed by atoms with van der Waals surface area (Å²) in [5.41, 5.74) is 1.18. The third kappa shape index (κ3) is 6.61. The summed E-state index contributed by atoms with van der Waals surface area (Å²) in [6.45, 7) is 5.22. The van der Waals surface area contributed by atoms with Gasteiger partial charge in [0.1, 0.15) is 12.4 Å². The smallest absolute Gasteiger partial charge is 0.150 e. The monoisotopic (exact) mass is 271 g/mol. The number of benzene rings is 1. The van der Waals surface area contributed by atoms with Crippen LogP contribution in [-0.2, 0) is 16.4 Å². The van der Waals surface area contributed by atoms with Crippen LogP contribution in [0.5, 0.6) is 5.75 Å². The van der Waals surface area contributed by atoms with E-state index in [0.717, 1.165) is 6.54 Å². The van der Waals surface area contributed by atoms with Crippen LogP contribution in [0.4, 0.5) is 0 Å². The van der Waals surface area contributed by atoms with Crippen molar-refractivity contribution in [1.82, 2.24) is 5.32 Å². The Morgan fingerprint density at radius 1 is 1.22 bits per heavy atom. The molecule has 0 radical (unpaired) electrons. The molecule has 0 heterocycles. The molecule has 102 valence electrons. The molecule has 0 amide bonds. The molecule has 1 aromatic rings. The lowest BCUT2D eigenvalue weighted by Crippen LogP contribution is -2.21. The minimum Gasteiger partial charge on any atom is -0.493 e. The SMILES string of the molecule is CC(C)NCc1ccc(OCCS(C)(=O)=O)cc1. The predicted molar refractivity (Wildman–Crippen MR) is 73.6 cm³/mol. The van der Waals surface area contributed by atoms with Crippen LogP contribution >= 0.6 is 0 Å². The Bertz CT molecular complexity index is 452. The zero-order valence-electron chi connectivity index (χ0n) is 11.1. The van der Waals surface area contributed by atoms with E-state index in [9.17, 15) is 8.42 Å². The Kier molecular flexibility index (Phi) is 5.62. The molecule has 0 saturated carbocycles. The molecule has 1 aromatic carbocycles. The molecule has 4 nitrogen and oxygen atoms in total. The van der Waals surface area contributed by atoms with E-state index >= 15 is 0 Å². The summed E-state index contributed by atoms with van der Waals surface area (Å²) in [4.78, 5) is 0. The van der Waals surface area contributed by atoms with E-state index in [0.29, 0.717) is 11.8 Å². The number of sulfone groups is 1. The van der Waals surface area contributed by atoms with Crippen LogP contribution < -0.4 is 10.1 Å². The van der Waals surface area contributed by atoms with Gasteiger partial charge in [0.15, 0.2) is 9.84 Å². The maximum atomic E-state index is 10.9. The number of hydrogen-bond acceptors (Lipinski definition) is 4. The van der Waals surface area contributed by atoms with Gasteiger partial charge in [0, 0.05) is 18.8 Å². The van der Waals surface area contributed by atoms with Crippen LogP contribution in [0.1, 0.15) is 19.4 Å². The number of nitrogens with one attached hydrogen (secondary N) is 1. The van der Waals surface area contributed by atoms with Crippen molar-refractivity contribution in [2.75, 3.05) is 18.6 Å². The Hall–Kier alpha value is -1.07. The van der Waals surface area contributed by atoms with Crippen LogP contribution in [0.15, 0.2) is 24.3 Å². The summed E-state index contributed by atoms with van der Waals surface area (Å²) in [7, 11) is -2.96. The summed E-state index contributed by atoms with van der Waals surface area (Å²) < 4.78 is 27.2.